The lowest BCUT2D eigenvalue weighted by Crippen LogP contribution is -2.50. The summed E-state index contributed by atoms with van der Waals surface area (Å²) >= 11 is 0. The summed E-state index contributed by atoms with van der Waals surface area (Å²) in [5, 5.41) is 9.11. The highest BCUT2D eigenvalue weighted by Gasteiger charge is 2.32. The minimum Gasteiger partial charge on any atom is -0.392 e. The van der Waals surface area contributed by atoms with Gasteiger partial charge in [-0.1, -0.05) is 13.8 Å². The summed E-state index contributed by atoms with van der Waals surface area (Å²) in [6, 6.07) is 3.53. The lowest BCUT2D eigenvalue weighted by Gasteiger charge is -2.36. The van der Waals surface area contributed by atoms with Gasteiger partial charge in [-0.2, -0.15) is 8.61 Å². The number of sulfone groups is 1. The molecule has 0 bridgehead atoms. The first-order valence-electron chi connectivity index (χ1n) is 31.8. The number of likely N-dealkylation sites (tertiary alicyclic amines) is 4. The quantitative estimate of drug-likeness (QED) is 0.261. The third kappa shape index (κ3) is 32.8. The second-order valence-electron chi connectivity index (χ2n) is 25.7. The van der Waals surface area contributed by atoms with Crippen molar-refractivity contribution < 1.29 is 49.5 Å². The van der Waals surface area contributed by atoms with Gasteiger partial charge in [0.2, 0.25) is 43.7 Å². The van der Waals surface area contributed by atoms with Crippen LogP contribution >= 0.6 is 0 Å². The van der Waals surface area contributed by atoms with Crippen LogP contribution in [-0.2, 0) is 49.1 Å². The van der Waals surface area contributed by atoms with E-state index < -0.39 is 29.9 Å². The normalized spacial score (nSPS) is 22.9. The fourth-order valence-electron chi connectivity index (χ4n) is 10.8. The zero-order valence-electron chi connectivity index (χ0n) is 55.9. The summed E-state index contributed by atoms with van der Waals surface area (Å²) < 4.78 is 69.7. The van der Waals surface area contributed by atoms with Crippen molar-refractivity contribution >= 4 is 53.5 Å². The number of β-amino-alcohol motifs (C(OH)–C–C–N with tert-alkyl or cyclic N) is 1. The standard InChI is InChI=1S/C9H18N2O.C8H18N2O2S.C8H15NO.C8H17N.C7H15NO2S.C7H11NO2.C7H15NO.C6H13NO2S.CH4/c1-8(2)10-4-6-11(7-5-10)9(3)12;1-8(2)9-4-6-10(7-5-9)13(3,11)12;1-7(2)9-6-4-3-5-8(9)10;1-8(2)9-6-4-3-5-7-9;1-7(2)8-3-5-11(9,10)6-4-8;1-5(2)8-6(9)3-4-7(8)10;1-6(2)8-4-3-7(9)5-8;1-6(2)7-4-3-5-10(7,8)9;/h8H,4-7H2,1-3H3;8H,4-7H2,1-3H3;7H,3-6H2,1-2H3;8H,3-7H2,1-2H3;7H,3-6H2,1-2H3;5H,3-4H2,1-2H3;6-7,9H,3-5H2,1-2H3;6H,3-5H2,1-2H3;1H4/t;;;;;;7-;;/m......1../s1. The highest BCUT2D eigenvalue weighted by Crippen LogP contribution is 2.18. The fraction of sp³-hybridized carbons (Fsp3) is 0.934. The number of imide groups is 1. The van der Waals surface area contributed by atoms with Gasteiger partial charge in [0.25, 0.3) is 0 Å². The maximum absolute atomic E-state index is 11.2. The molecule has 1 atom stereocenters. The molecule has 1 N–H and O–H groups in total. The van der Waals surface area contributed by atoms with Crippen LogP contribution < -0.4 is 0 Å². The number of piperidine rings is 2. The lowest BCUT2D eigenvalue weighted by molar-refractivity contribution is -0.140. The third-order valence-corrected chi connectivity index (χ3v) is 21.5. The molecule has 24 heteroatoms. The van der Waals surface area contributed by atoms with Crippen LogP contribution in [0.15, 0.2) is 0 Å². The maximum Gasteiger partial charge on any atom is 0.229 e. The first-order chi connectivity index (χ1) is 38.9. The van der Waals surface area contributed by atoms with Crippen LogP contribution in [0, 0.1) is 0 Å². The Morgan fingerprint density at radius 2 is 0.882 bits per heavy atom. The SMILES string of the molecule is C.CC(=O)N1CCN(C(C)C)CC1.CC(C)N1C(=O)CCC1=O.CC(C)N1CCCCC1.CC(C)N1CCCCC1=O.CC(C)N1CCCS1(=O)=O.CC(C)N1CCN(S(C)(=O)=O)CC1.CC(C)N1CCS(=O)(=O)CC1.CC(C)N1CC[C@@H](O)C1. The van der Waals surface area contributed by atoms with Gasteiger partial charge in [0, 0.05) is 166 Å². The van der Waals surface area contributed by atoms with Gasteiger partial charge in [-0.25, -0.2) is 25.3 Å². The predicted molar refractivity (Wildman–Crippen MR) is 349 cm³/mol. The molecule has 0 spiro atoms. The Bertz CT molecular complexity index is 2190. The molecule has 85 heavy (non-hydrogen) atoms. The van der Waals surface area contributed by atoms with E-state index in [1.54, 1.807) is 15.5 Å². The zero-order chi connectivity index (χ0) is 64.3. The van der Waals surface area contributed by atoms with Crippen molar-refractivity contribution in [2.24, 2.45) is 0 Å². The van der Waals surface area contributed by atoms with Crippen LogP contribution in [0.1, 0.15) is 189 Å². The van der Waals surface area contributed by atoms with Crippen molar-refractivity contribution in [2.45, 2.75) is 244 Å². The molecule has 8 heterocycles. The number of hydrogen-bond donors (Lipinski definition) is 1. The Kier molecular flexibility index (Phi) is 39.9. The zero-order valence-corrected chi connectivity index (χ0v) is 58.4. The molecule has 504 valence electrons. The molecule has 21 nitrogen and oxygen atoms in total. The molecular weight excluding hydrogens is 1140 g/mol. The molecule has 8 rings (SSSR count). The Hall–Kier alpha value is -2.39. The Morgan fingerprint density at radius 3 is 1.16 bits per heavy atom. The number of carbonyl (C=O) groups is 4. The second kappa shape index (κ2) is 41.1. The molecule has 0 radical (unpaired) electrons. The van der Waals surface area contributed by atoms with Crippen molar-refractivity contribution in [3.63, 3.8) is 0 Å². The topological polar surface area (TPSA) is 223 Å². The van der Waals surface area contributed by atoms with Crippen molar-refractivity contribution in [1.29, 1.82) is 0 Å². The van der Waals surface area contributed by atoms with Crippen molar-refractivity contribution in [3.8, 4) is 0 Å². The smallest absolute Gasteiger partial charge is 0.229 e. The molecule has 8 saturated heterocycles. The van der Waals surface area contributed by atoms with E-state index in [1.807, 2.05) is 37.5 Å². The van der Waals surface area contributed by atoms with Gasteiger partial charge >= 0.3 is 0 Å². The Balaban J connectivity index is 0.000000950. The molecule has 0 aromatic carbocycles. The molecule has 0 aromatic heterocycles. The number of rotatable bonds is 9. The number of piperazine rings is 2. The average Bonchev–Trinajstić information content (AvgIpc) is 4.39. The maximum atomic E-state index is 11.2. The number of amides is 4. The second-order valence-corrected chi connectivity index (χ2v) is 32.0. The highest BCUT2D eigenvalue weighted by atomic mass is 32.2. The van der Waals surface area contributed by atoms with Crippen LogP contribution in [0.4, 0.5) is 0 Å². The number of nitrogens with zero attached hydrogens (tertiary/aromatic N) is 10. The van der Waals surface area contributed by atoms with Gasteiger partial charge < -0.3 is 19.8 Å². The molecule has 0 aliphatic carbocycles. The van der Waals surface area contributed by atoms with Crippen LogP contribution in [-0.4, -0.2) is 284 Å². The minimum absolute atomic E-state index is 0. The summed E-state index contributed by atoms with van der Waals surface area (Å²) in [5.41, 5.74) is 0. The molecule has 4 amide bonds. The Labute approximate surface area is 520 Å². The van der Waals surface area contributed by atoms with Crippen molar-refractivity contribution in [2.75, 3.05) is 128 Å². The fourth-order valence-corrected chi connectivity index (χ4v) is 14.6. The molecule has 0 saturated carbocycles. The molecular formula is C61H126N10O11S3. The van der Waals surface area contributed by atoms with E-state index in [1.165, 1.54) is 49.9 Å². The summed E-state index contributed by atoms with van der Waals surface area (Å²) in [6.45, 7) is 49.6. The molecule has 8 aliphatic heterocycles. The number of aliphatic hydroxyl groups excluding tert-OH is 1. The molecule has 8 fully saturated rings. The summed E-state index contributed by atoms with van der Waals surface area (Å²) in [4.78, 5) is 61.0. The van der Waals surface area contributed by atoms with Crippen LogP contribution in [0.25, 0.3) is 0 Å². The molecule has 0 aromatic rings. The van der Waals surface area contributed by atoms with Gasteiger partial charge in [0.1, 0.15) is 0 Å². The minimum atomic E-state index is -2.97. The Morgan fingerprint density at radius 1 is 0.459 bits per heavy atom. The van der Waals surface area contributed by atoms with E-state index in [-0.39, 0.29) is 43.3 Å². The lowest BCUT2D eigenvalue weighted by atomic mass is 10.1. The third-order valence-electron chi connectivity index (χ3n) is 16.4. The van der Waals surface area contributed by atoms with Gasteiger partial charge in [-0.15, -0.1) is 0 Å². The van der Waals surface area contributed by atoms with Gasteiger partial charge in [0.05, 0.1) is 29.6 Å². The molecule has 0 unspecified atom stereocenters. The number of carbonyl (C=O) groups excluding carboxylic acids is 4. The van der Waals surface area contributed by atoms with Crippen molar-refractivity contribution in [3.05, 3.63) is 0 Å². The van der Waals surface area contributed by atoms with Crippen LogP contribution in [0.3, 0.4) is 0 Å². The number of aliphatic hydroxyl groups is 1. The van der Waals surface area contributed by atoms with Gasteiger partial charge in [-0.05, 0) is 162 Å². The van der Waals surface area contributed by atoms with E-state index in [0.717, 1.165) is 90.6 Å². The summed E-state index contributed by atoms with van der Waals surface area (Å²) in [5.74, 6) is 1.50. The highest BCUT2D eigenvalue weighted by molar-refractivity contribution is 7.91. The van der Waals surface area contributed by atoms with Gasteiger partial charge in [0.15, 0.2) is 9.84 Å². The van der Waals surface area contributed by atoms with E-state index in [2.05, 4.69) is 108 Å². The number of sulfonamides is 2. The first kappa shape index (κ1) is 82.6. The summed E-state index contributed by atoms with van der Waals surface area (Å²) in [6.07, 6.45) is 11.1. The summed E-state index contributed by atoms with van der Waals surface area (Å²) in [7, 11) is -8.51. The van der Waals surface area contributed by atoms with Crippen molar-refractivity contribution in [1.82, 2.24) is 47.8 Å². The average molecular weight is 1270 g/mol. The molecule has 8 aliphatic rings. The van der Waals surface area contributed by atoms with E-state index >= 15 is 0 Å². The van der Waals surface area contributed by atoms with E-state index in [0.29, 0.717) is 98.9 Å². The van der Waals surface area contributed by atoms with Crippen LogP contribution in [0.5, 0.6) is 0 Å². The van der Waals surface area contributed by atoms with E-state index in [4.69, 9.17) is 5.11 Å². The monoisotopic (exact) mass is 1270 g/mol. The predicted octanol–water partition coefficient (Wildman–Crippen LogP) is 6.02. The number of hydrogen-bond acceptors (Lipinski definition) is 16. The van der Waals surface area contributed by atoms with Gasteiger partial charge in [-0.3, -0.25) is 43.7 Å². The van der Waals surface area contributed by atoms with E-state index in [9.17, 15) is 44.4 Å². The first-order valence-corrected chi connectivity index (χ1v) is 37.1. The largest absolute Gasteiger partial charge is 0.392 e. The van der Waals surface area contributed by atoms with Crippen LogP contribution in [0.2, 0.25) is 0 Å².